The number of carbonyl (C=O) groups is 2. The summed E-state index contributed by atoms with van der Waals surface area (Å²) in [5, 5.41) is 11.7. The Hall–Kier alpha value is -1.40. The minimum atomic E-state index is -0.801. The van der Waals surface area contributed by atoms with E-state index in [-0.39, 0.29) is 11.9 Å². The van der Waals surface area contributed by atoms with Crippen LogP contribution in [0.4, 0.5) is 0 Å². The molecular formula is C13H23N3O3. The molecule has 108 valence electrons. The van der Waals surface area contributed by atoms with Gasteiger partial charge in [0.05, 0.1) is 6.04 Å². The van der Waals surface area contributed by atoms with Crippen LogP contribution in [0.25, 0.3) is 0 Å². The van der Waals surface area contributed by atoms with Gasteiger partial charge in [-0.2, -0.15) is 0 Å². The summed E-state index contributed by atoms with van der Waals surface area (Å²) >= 11 is 0. The summed E-state index contributed by atoms with van der Waals surface area (Å²) in [4.78, 5) is 26.7. The Balaban J connectivity index is 2.42. The molecule has 1 rings (SSSR count). The Morgan fingerprint density at radius 1 is 1.21 bits per heavy atom. The van der Waals surface area contributed by atoms with Crippen molar-refractivity contribution in [2.75, 3.05) is 32.7 Å². The lowest BCUT2D eigenvalue weighted by atomic mass is 10.2. The van der Waals surface area contributed by atoms with Gasteiger partial charge >= 0.3 is 5.97 Å². The Morgan fingerprint density at radius 3 is 2.11 bits per heavy atom. The van der Waals surface area contributed by atoms with Crippen LogP contribution < -0.4 is 5.32 Å². The van der Waals surface area contributed by atoms with Crippen LogP contribution in [0.1, 0.15) is 13.8 Å². The molecule has 2 unspecified atom stereocenters. The second kappa shape index (κ2) is 7.25. The first-order valence-corrected chi connectivity index (χ1v) is 6.57. The zero-order chi connectivity index (χ0) is 14.4. The fourth-order valence-electron chi connectivity index (χ4n) is 2.15. The van der Waals surface area contributed by atoms with E-state index in [1.54, 1.807) is 13.0 Å². The first-order chi connectivity index (χ1) is 8.97. The number of rotatable bonds is 6. The molecule has 0 aliphatic carbocycles. The van der Waals surface area contributed by atoms with E-state index in [0.717, 1.165) is 0 Å². The second-order valence-corrected chi connectivity index (χ2v) is 4.80. The van der Waals surface area contributed by atoms with Gasteiger partial charge in [-0.05, 0) is 13.8 Å². The van der Waals surface area contributed by atoms with Crippen molar-refractivity contribution in [3.63, 3.8) is 0 Å². The van der Waals surface area contributed by atoms with E-state index < -0.39 is 12.0 Å². The maximum atomic E-state index is 11.8. The standard InChI is InChI=1S/C13H23N3O3/c1-4-5-14-12(17)10(2)15-6-8-16(9-7-15)11(3)13(18)19/h4,10-11H,1,5-9H2,2-3H3,(H,14,17)(H,18,19). The van der Waals surface area contributed by atoms with Gasteiger partial charge in [0.15, 0.2) is 0 Å². The summed E-state index contributed by atoms with van der Waals surface area (Å²) in [7, 11) is 0. The summed E-state index contributed by atoms with van der Waals surface area (Å²) in [5.41, 5.74) is 0. The molecule has 0 aromatic heterocycles. The number of nitrogens with one attached hydrogen (secondary N) is 1. The van der Waals surface area contributed by atoms with Crippen LogP contribution in [-0.4, -0.2) is 71.6 Å². The number of piperazine rings is 1. The van der Waals surface area contributed by atoms with Gasteiger partial charge in [0.25, 0.3) is 0 Å². The normalized spacial score (nSPS) is 20.5. The maximum absolute atomic E-state index is 11.8. The van der Waals surface area contributed by atoms with E-state index in [1.165, 1.54) is 0 Å². The maximum Gasteiger partial charge on any atom is 0.320 e. The van der Waals surface area contributed by atoms with Crippen LogP contribution in [0.3, 0.4) is 0 Å². The van der Waals surface area contributed by atoms with Crippen molar-refractivity contribution in [3.05, 3.63) is 12.7 Å². The summed E-state index contributed by atoms with van der Waals surface area (Å²) in [6.45, 7) is 10.4. The lowest BCUT2D eigenvalue weighted by Gasteiger charge is -2.38. The zero-order valence-electron chi connectivity index (χ0n) is 11.6. The first kappa shape index (κ1) is 15.7. The monoisotopic (exact) mass is 269 g/mol. The molecule has 0 aromatic rings. The highest BCUT2D eigenvalue weighted by Crippen LogP contribution is 2.09. The highest BCUT2D eigenvalue weighted by atomic mass is 16.4. The fraction of sp³-hybridized carbons (Fsp3) is 0.692. The predicted molar refractivity (Wildman–Crippen MR) is 72.9 cm³/mol. The topological polar surface area (TPSA) is 72.9 Å². The molecule has 1 fully saturated rings. The van der Waals surface area contributed by atoms with Gasteiger partial charge in [-0.25, -0.2) is 0 Å². The molecule has 6 heteroatoms. The van der Waals surface area contributed by atoms with Crippen LogP contribution in [0.5, 0.6) is 0 Å². The summed E-state index contributed by atoms with van der Waals surface area (Å²) in [5.74, 6) is -0.815. The van der Waals surface area contributed by atoms with Gasteiger partial charge in [0.1, 0.15) is 6.04 Å². The predicted octanol–water partition coefficient (Wildman–Crippen LogP) is -0.232. The Labute approximate surface area is 114 Å². The van der Waals surface area contributed by atoms with Crippen molar-refractivity contribution in [1.29, 1.82) is 0 Å². The van der Waals surface area contributed by atoms with E-state index in [4.69, 9.17) is 5.11 Å². The quantitative estimate of drug-likeness (QED) is 0.652. The van der Waals surface area contributed by atoms with Crippen molar-refractivity contribution < 1.29 is 14.7 Å². The van der Waals surface area contributed by atoms with Crippen molar-refractivity contribution in [2.24, 2.45) is 0 Å². The van der Waals surface area contributed by atoms with Gasteiger partial charge in [0, 0.05) is 32.7 Å². The van der Waals surface area contributed by atoms with Gasteiger partial charge in [-0.3, -0.25) is 19.4 Å². The summed E-state index contributed by atoms with van der Waals surface area (Å²) in [6.07, 6.45) is 1.65. The average Bonchev–Trinajstić information content (AvgIpc) is 2.43. The molecule has 0 bridgehead atoms. The molecule has 0 saturated carbocycles. The molecule has 0 spiro atoms. The number of aliphatic carboxylic acids is 1. The highest BCUT2D eigenvalue weighted by molar-refractivity contribution is 5.81. The van der Waals surface area contributed by atoms with Crippen LogP contribution >= 0.6 is 0 Å². The third-order valence-electron chi connectivity index (χ3n) is 3.60. The van der Waals surface area contributed by atoms with Crippen LogP contribution in [0.2, 0.25) is 0 Å². The van der Waals surface area contributed by atoms with Gasteiger partial charge in [0.2, 0.25) is 5.91 Å². The SMILES string of the molecule is C=CCNC(=O)C(C)N1CCN(C(C)C(=O)O)CC1. The number of carboxylic acids is 1. The Bertz CT molecular complexity index is 338. The number of carboxylic acid groups (broad SMARTS) is 1. The van der Waals surface area contributed by atoms with E-state index in [2.05, 4.69) is 16.8 Å². The first-order valence-electron chi connectivity index (χ1n) is 6.57. The molecule has 2 N–H and O–H groups in total. The van der Waals surface area contributed by atoms with Crippen LogP contribution in [0, 0.1) is 0 Å². The third kappa shape index (κ3) is 4.33. The fourth-order valence-corrected chi connectivity index (χ4v) is 2.15. The average molecular weight is 269 g/mol. The van der Waals surface area contributed by atoms with Crippen LogP contribution in [-0.2, 0) is 9.59 Å². The molecule has 1 heterocycles. The molecule has 1 amide bonds. The van der Waals surface area contributed by atoms with E-state index in [1.807, 2.05) is 11.8 Å². The summed E-state index contributed by atoms with van der Waals surface area (Å²) in [6, 6.07) is -0.658. The molecule has 0 aromatic carbocycles. The molecule has 6 nitrogen and oxygen atoms in total. The third-order valence-corrected chi connectivity index (χ3v) is 3.60. The van der Waals surface area contributed by atoms with Crippen molar-refractivity contribution in [2.45, 2.75) is 25.9 Å². The molecule has 2 atom stereocenters. The molecule has 1 aliphatic rings. The van der Waals surface area contributed by atoms with E-state index >= 15 is 0 Å². The Kier molecular flexibility index (Phi) is 5.98. The molecule has 1 aliphatic heterocycles. The molecule has 0 radical (unpaired) electrons. The molecule has 1 saturated heterocycles. The minimum Gasteiger partial charge on any atom is -0.480 e. The van der Waals surface area contributed by atoms with Crippen molar-refractivity contribution in [1.82, 2.24) is 15.1 Å². The number of amides is 1. The largest absolute Gasteiger partial charge is 0.480 e. The molecule has 19 heavy (non-hydrogen) atoms. The zero-order valence-corrected chi connectivity index (χ0v) is 11.6. The van der Waals surface area contributed by atoms with Gasteiger partial charge in [-0.1, -0.05) is 6.08 Å². The van der Waals surface area contributed by atoms with Crippen molar-refractivity contribution in [3.8, 4) is 0 Å². The minimum absolute atomic E-state index is 0.0142. The lowest BCUT2D eigenvalue weighted by Crippen LogP contribution is -2.56. The molecular weight excluding hydrogens is 246 g/mol. The smallest absolute Gasteiger partial charge is 0.320 e. The number of hydrogen-bond donors (Lipinski definition) is 2. The highest BCUT2D eigenvalue weighted by Gasteiger charge is 2.29. The van der Waals surface area contributed by atoms with E-state index in [0.29, 0.717) is 32.7 Å². The van der Waals surface area contributed by atoms with Crippen molar-refractivity contribution >= 4 is 11.9 Å². The lowest BCUT2D eigenvalue weighted by molar-refractivity contribution is -0.144. The number of nitrogens with zero attached hydrogens (tertiary/aromatic N) is 2. The number of carbonyl (C=O) groups excluding carboxylic acids is 1. The Morgan fingerprint density at radius 2 is 1.68 bits per heavy atom. The number of hydrogen-bond acceptors (Lipinski definition) is 4. The van der Waals surface area contributed by atoms with Gasteiger partial charge < -0.3 is 10.4 Å². The van der Waals surface area contributed by atoms with Crippen LogP contribution in [0.15, 0.2) is 12.7 Å². The van der Waals surface area contributed by atoms with Gasteiger partial charge in [-0.15, -0.1) is 6.58 Å². The summed E-state index contributed by atoms with van der Waals surface area (Å²) < 4.78 is 0. The van der Waals surface area contributed by atoms with E-state index in [9.17, 15) is 9.59 Å². The second-order valence-electron chi connectivity index (χ2n) is 4.80.